The van der Waals surface area contributed by atoms with Gasteiger partial charge in [-0.25, -0.2) is 4.39 Å². The molecule has 2 aromatic rings. The molecule has 0 bridgehead atoms. The topological polar surface area (TPSA) is 41.6 Å². The second-order valence-electron chi connectivity index (χ2n) is 7.29. The summed E-state index contributed by atoms with van der Waals surface area (Å²) in [5.41, 5.74) is 3.13. The zero-order valence-corrected chi connectivity index (χ0v) is 15.0. The van der Waals surface area contributed by atoms with E-state index in [2.05, 4.69) is 10.2 Å². The Bertz CT molecular complexity index is 839. The summed E-state index contributed by atoms with van der Waals surface area (Å²) >= 11 is 0. The normalized spacial score (nSPS) is 24.5. The first-order valence-corrected chi connectivity index (χ1v) is 8.99. The van der Waals surface area contributed by atoms with Gasteiger partial charge in [-0.1, -0.05) is 24.3 Å². The quantitative estimate of drug-likeness (QED) is 0.921. The molecule has 1 fully saturated rings. The number of ether oxygens (including phenoxy) is 1. The standard InChI is InChI=1S/C21H23FN2O2/c1-13-5-3-4-6-14(13)10-23-21(25)17-11-24(2)20-16-9-15(22)7-8-19(16)26-12-18(17)20/h3-9,17-18,20H,10-12H2,1-2H3,(H,23,25)/t17-,18+,20+/m1/s1. The fourth-order valence-electron chi connectivity index (χ4n) is 4.25. The van der Waals surface area contributed by atoms with Crippen LogP contribution in [0, 0.1) is 24.6 Å². The van der Waals surface area contributed by atoms with Crippen LogP contribution in [0.15, 0.2) is 42.5 Å². The summed E-state index contributed by atoms with van der Waals surface area (Å²) in [4.78, 5) is 15.0. The lowest BCUT2D eigenvalue weighted by molar-refractivity contribution is -0.126. The zero-order valence-electron chi connectivity index (χ0n) is 15.0. The number of nitrogens with one attached hydrogen (secondary N) is 1. The van der Waals surface area contributed by atoms with Gasteiger partial charge in [-0.3, -0.25) is 9.69 Å². The molecule has 0 spiro atoms. The molecule has 26 heavy (non-hydrogen) atoms. The fourth-order valence-corrected chi connectivity index (χ4v) is 4.25. The molecule has 5 heteroatoms. The molecule has 0 aliphatic carbocycles. The van der Waals surface area contributed by atoms with Crippen LogP contribution in [0.4, 0.5) is 4.39 Å². The minimum Gasteiger partial charge on any atom is -0.493 e. The Morgan fingerprint density at radius 1 is 1.31 bits per heavy atom. The molecular formula is C21H23FN2O2. The van der Waals surface area contributed by atoms with Crippen LogP contribution in [0.25, 0.3) is 0 Å². The summed E-state index contributed by atoms with van der Waals surface area (Å²) < 4.78 is 19.6. The Labute approximate surface area is 153 Å². The number of amides is 1. The summed E-state index contributed by atoms with van der Waals surface area (Å²) in [6, 6.07) is 12.7. The van der Waals surface area contributed by atoms with Gasteiger partial charge in [0.25, 0.3) is 0 Å². The number of likely N-dealkylation sites (tertiary alicyclic amines) is 1. The van der Waals surface area contributed by atoms with Crippen molar-refractivity contribution in [1.82, 2.24) is 10.2 Å². The van der Waals surface area contributed by atoms with Crippen molar-refractivity contribution in [2.75, 3.05) is 20.2 Å². The predicted octanol–water partition coefficient (Wildman–Crippen LogP) is 3.06. The molecule has 2 aliphatic heterocycles. The lowest BCUT2D eigenvalue weighted by atomic mass is 9.85. The monoisotopic (exact) mass is 354 g/mol. The molecular weight excluding hydrogens is 331 g/mol. The maximum Gasteiger partial charge on any atom is 0.225 e. The van der Waals surface area contributed by atoms with Gasteiger partial charge in [-0.05, 0) is 43.3 Å². The van der Waals surface area contributed by atoms with Crippen molar-refractivity contribution in [3.63, 3.8) is 0 Å². The summed E-state index contributed by atoms with van der Waals surface area (Å²) in [5, 5.41) is 3.08. The zero-order chi connectivity index (χ0) is 18.3. The minimum atomic E-state index is -0.270. The Morgan fingerprint density at radius 2 is 2.12 bits per heavy atom. The number of benzene rings is 2. The average molecular weight is 354 g/mol. The lowest BCUT2D eigenvalue weighted by Crippen LogP contribution is -2.38. The largest absolute Gasteiger partial charge is 0.493 e. The molecule has 2 aliphatic rings. The van der Waals surface area contributed by atoms with Crippen LogP contribution in [0.5, 0.6) is 5.75 Å². The Balaban J connectivity index is 1.51. The average Bonchev–Trinajstić information content (AvgIpc) is 2.98. The Kier molecular flexibility index (Phi) is 4.41. The van der Waals surface area contributed by atoms with Crippen molar-refractivity contribution in [3.8, 4) is 5.75 Å². The maximum absolute atomic E-state index is 13.7. The van der Waals surface area contributed by atoms with Crippen molar-refractivity contribution in [2.45, 2.75) is 19.5 Å². The number of rotatable bonds is 3. The predicted molar refractivity (Wildman–Crippen MR) is 97.3 cm³/mol. The van der Waals surface area contributed by atoms with Gasteiger partial charge >= 0.3 is 0 Å². The van der Waals surface area contributed by atoms with Crippen LogP contribution in [-0.4, -0.2) is 31.0 Å². The van der Waals surface area contributed by atoms with Gasteiger partial charge in [0.1, 0.15) is 11.6 Å². The van der Waals surface area contributed by atoms with Gasteiger partial charge in [0.05, 0.1) is 12.5 Å². The second-order valence-corrected chi connectivity index (χ2v) is 7.29. The van der Waals surface area contributed by atoms with Gasteiger partial charge in [-0.15, -0.1) is 0 Å². The molecule has 0 aromatic heterocycles. The third kappa shape index (κ3) is 2.97. The highest BCUT2D eigenvalue weighted by Crippen LogP contribution is 2.46. The number of nitrogens with zero attached hydrogens (tertiary/aromatic N) is 1. The first kappa shape index (κ1) is 17.0. The third-order valence-electron chi connectivity index (χ3n) is 5.65. The lowest BCUT2D eigenvalue weighted by Gasteiger charge is -2.33. The molecule has 0 radical (unpaired) electrons. The number of fused-ring (bicyclic) bond motifs is 3. The minimum absolute atomic E-state index is 0.0173. The van der Waals surface area contributed by atoms with E-state index in [-0.39, 0.29) is 29.6 Å². The molecule has 1 saturated heterocycles. The highest BCUT2D eigenvalue weighted by molar-refractivity contribution is 5.80. The summed E-state index contributed by atoms with van der Waals surface area (Å²) in [6.07, 6.45) is 0. The van der Waals surface area contributed by atoms with E-state index in [1.165, 1.54) is 17.7 Å². The Hall–Kier alpha value is -2.40. The molecule has 4 rings (SSSR count). The number of halogens is 1. The van der Waals surface area contributed by atoms with E-state index in [4.69, 9.17) is 4.74 Å². The van der Waals surface area contributed by atoms with Gasteiger partial charge in [0.2, 0.25) is 5.91 Å². The SMILES string of the molecule is Cc1ccccc1CNC(=O)[C@@H]1CN(C)[C@H]2c3cc(F)ccc3OC[C@@H]12. The number of aryl methyl sites for hydroxylation is 1. The van der Waals surface area contributed by atoms with Crippen LogP contribution in [0.1, 0.15) is 22.7 Å². The van der Waals surface area contributed by atoms with Crippen molar-refractivity contribution in [3.05, 3.63) is 65.0 Å². The molecule has 1 N–H and O–H groups in total. The summed E-state index contributed by atoms with van der Waals surface area (Å²) in [6.45, 7) is 3.70. The van der Waals surface area contributed by atoms with Crippen molar-refractivity contribution >= 4 is 5.91 Å². The number of hydrogen-bond acceptors (Lipinski definition) is 3. The number of hydrogen-bond donors (Lipinski definition) is 1. The Morgan fingerprint density at radius 3 is 2.92 bits per heavy atom. The molecule has 2 aromatic carbocycles. The van der Waals surface area contributed by atoms with E-state index in [9.17, 15) is 9.18 Å². The van der Waals surface area contributed by atoms with E-state index in [0.717, 1.165) is 16.9 Å². The van der Waals surface area contributed by atoms with Crippen LogP contribution >= 0.6 is 0 Å². The number of carbonyl (C=O) groups excluding carboxylic acids is 1. The first-order chi connectivity index (χ1) is 12.5. The van der Waals surface area contributed by atoms with Crippen LogP contribution in [-0.2, 0) is 11.3 Å². The van der Waals surface area contributed by atoms with Gasteiger partial charge in [-0.2, -0.15) is 0 Å². The molecule has 0 saturated carbocycles. The number of carbonyl (C=O) groups is 1. The van der Waals surface area contributed by atoms with Crippen LogP contribution in [0.2, 0.25) is 0 Å². The van der Waals surface area contributed by atoms with E-state index in [1.54, 1.807) is 6.07 Å². The molecule has 3 atom stereocenters. The van der Waals surface area contributed by atoms with Gasteiger partial charge < -0.3 is 10.1 Å². The second kappa shape index (κ2) is 6.72. The first-order valence-electron chi connectivity index (χ1n) is 8.99. The van der Waals surface area contributed by atoms with E-state index in [0.29, 0.717) is 19.7 Å². The van der Waals surface area contributed by atoms with Crippen molar-refractivity contribution < 1.29 is 13.9 Å². The molecule has 4 nitrogen and oxygen atoms in total. The van der Waals surface area contributed by atoms with Crippen molar-refractivity contribution in [2.24, 2.45) is 11.8 Å². The highest BCUT2D eigenvalue weighted by Gasteiger charge is 2.47. The van der Waals surface area contributed by atoms with E-state index in [1.807, 2.05) is 38.2 Å². The van der Waals surface area contributed by atoms with Crippen LogP contribution in [0.3, 0.4) is 0 Å². The van der Waals surface area contributed by atoms with E-state index >= 15 is 0 Å². The third-order valence-corrected chi connectivity index (χ3v) is 5.65. The van der Waals surface area contributed by atoms with Gasteiger partial charge in [0.15, 0.2) is 0 Å². The summed E-state index contributed by atoms with van der Waals surface area (Å²) in [7, 11) is 1.99. The molecule has 1 amide bonds. The fraction of sp³-hybridized carbons (Fsp3) is 0.381. The van der Waals surface area contributed by atoms with E-state index < -0.39 is 0 Å². The molecule has 2 heterocycles. The molecule has 0 unspecified atom stereocenters. The van der Waals surface area contributed by atoms with Gasteiger partial charge in [0, 0.05) is 30.6 Å². The van der Waals surface area contributed by atoms with Crippen molar-refractivity contribution in [1.29, 1.82) is 0 Å². The maximum atomic E-state index is 13.7. The molecule has 136 valence electrons. The van der Waals surface area contributed by atoms with Crippen LogP contribution < -0.4 is 10.1 Å². The highest BCUT2D eigenvalue weighted by atomic mass is 19.1. The summed E-state index contributed by atoms with van der Waals surface area (Å²) in [5.74, 6) is 0.363. The smallest absolute Gasteiger partial charge is 0.225 e.